The Hall–Kier alpha value is -1.79. The van der Waals surface area contributed by atoms with Crippen LogP contribution in [0.15, 0.2) is 11.0 Å². The van der Waals surface area contributed by atoms with Gasteiger partial charge in [0.25, 0.3) is 5.56 Å². The van der Waals surface area contributed by atoms with Gasteiger partial charge in [-0.25, -0.2) is 4.79 Å². The van der Waals surface area contributed by atoms with Crippen molar-refractivity contribution < 1.29 is 30.0 Å². The summed E-state index contributed by atoms with van der Waals surface area (Å²) >= 11 is 5.01. The molecule has 1 saturated heterocycles. The van der Waals surface area contributed by atoms with Crippen LogP contribution in [-0.2, 0) is 11.3 Å². The molecule has 0 aromatic carbocycles. The Morgan fingerprint density at radius 3 is 2.65 bits per heavy atom. The summed E-state index contributed by atoms with van der Waals surface area (Å²) in [6.45, 7) is -0.699. The lowest BCUT2D eigenvalue weighted by molar-refractivity contribution is -0.0542. The van der Waals surface area contributed by atoms with E-state index >= 15 is 0 Å². The molecule has 1 aromatic rings. The molecular formula is C12H17N3O7S. The zero-order chi connectivity index (χ0) is 17.3. The molecule has 0 aliphatic carbocycles. The second-order valence-corrected chi connectivity index (χ2v) is 5.58. The number of aromatic amines is 1. The lowest BCUT2D eigenvalue weighted by atomic mass is 10.1. The van der Waals surface area contributed by atoms with Crippen molar-refractivity contribution in [1.82, 2.24) is 14.5 Å². The fourth-order valence-electron chi connectivity index (χ4n) is 2.26. The van der Waals surface area contributed by atoms with E-state index in [1.807, 2.05) is 0 Å². The van der Waals surface area contributed by atoms with E-state index in [1.165, 1.54) is 17.8 Å². The zero-order valence-electron chi connectivity index (χ0n) is 12.1. The molecule has 0 radical (unpaired) electrons. The highest BCUT2D eigenvalue weighted by Gasteiger charge is 2.43. The van der Waals surface area contributed by atoms with E-state index in [-0.39, 0.29) is 16.9 Å². The van der Waals surface area contributed by atoms with Crippen LogP contribution >= 0.6 is 12.2 Å². The topological polar surface area (TPSA) is 148 Å². The molecule has 0 saturated carbocycles. The van der Waals surface area contributed by atoms with Crippen LogP contribution in [0.25, 0.3) is 0 Å². The normalized spacial score (nSPS) is 27.1. The second-order valence-electron chi connectivity index (χ2n) is 5.19. The molecule has 0 spiro atoms. The molecule has 1 aliphatic rings. The maximum atomic E-state index is 11.9. The third-order valence-electron chi connectivity index (χ3n) is 3.57. The maximum absolute atomic E-state index is 11.9. The van der Waals surface area contributed by atoms with Gasteiger partial charge in [-0.3, -0.25) is 14.3 Å². The summed E-state index contributed by atoms with van der Waals surface area (Å²) in [6.07, 6.45) is -4.74. The van der Waals surface area contributed by atoms with Gasteiger partial charge in [-0.15, -0.1) is 0 Å². The molecule has 10 nitrogen and oxygen atoms in total. The van der Waals surface area contributed by atoms with Crippen molar-refractivity contribution in [3.63, 3.8) is 0 Å². The molecule has 1 aromatic heterocycles. The lowest BCUT2D eigenvalue weighted by Crippen LogP contribution is -2.34. The van der Waals surface area contributed by atoms with Gasteiger partial charge in [0.2, 0.25) is 0 Å². The molecule has 4 atom stereocenters. The minimum atomic E-state index is -1.37. The number of hydrogen-bond acceptors (Lipinski definition) is 7. The number of carbonyl (C=O) groups is 1. The van der Waals surface area contributed by atoms with Crippen molar-refractivity contribution in [3.8, 4) is 0 Å². The number of nitrogens with one attached hydrogen (secondary N) is 1. The highest BCUT2D eigenvalue weighted by Crippen LogP contribution is 2.29. The first-order chi connectivity index (χ1) is 10.8. The van der Waals surface area contributed by atoms with Crippen molar-refractivity contribution in [3.05, 3.63) is 26.9 Å². The summed E-state index contributed by atoms with van der Waals surface area (Å²) < 4.78 is 6.49. The fraction of sp³-hybridized carbons (Fsp3) is 0.583. The van der Waals surface area contributed by atoms with Gasteiger partial charge in [-0.05, 0) is 12.2 Å². The number of aliphatic hydroxyl groups excluding tert-OH is 3. The van der Waals surface area contributed by atoms with E-state index in [1.54, 1.807) is 0 Å². The first-order valence-electron chi connectivity index (χ1n) is 6.67. The molecule has 0 unspecified atom stereocenters. The average Bonchev–Trinajstić information content (AvgIpc) is 2.77. The molecular weight excluding hydrogens is 330 g/mol. The molecule has 2 heterocycles. The Balaban J connectivity index is 2.38. The number of nitrogens with zero attached hydrogens (tertiary/aromatic N) is 2. The number of aromatic nitrogens is 2. The largest absolute Gasteiger partial charge is 0.465 e. The number of ether oxygens (including phenoxy) is 1. The third-order valence-corrected chi connectivity index (χ3v) is 3.88. The summed E-state index contributed by atoms with van der Waals surface area (Å²) in [5.74, 6) is 0. The van der Waals surface area contributed by atoms with Gasteiger partial charge in [-0.2, -0.15) is 0 Å². The molecule has 1 aliphatic heterocycles. The molecule has 23 heavy (non-hydrogen) atoms. The van der Waals surface area contributed by atoms with Gasteiger partial charge >= 0.3 is 6.09 Å². The van der Waals surface area contributed by atoms with Gasteiger partial charge in [0.15, 0.2) is 11.0 Å². The van der Waals surface area contributed by atoms with Gasteiger partial charge in [-0.1, -0.05) is 0 Å². The minimum absolute atomic E-state index is 0.0634. The molecule has 1 fully saturated rings. The number of amides is 1. The second kappa shape index (κ2) is 6.76. The Labute approximate surface area is 135 Å². The van der Waals surface area contributed by atoms with Crippen molar-refractivity contribution in [1.29, 1.82) is 0 Å². The van der Waals surface area contributed by atoms with E-state index in [0.29, 0.717) is 0 Å². The Kier molecular flexibility index (Phi) is 5.16. The predicted molar refractivity (Wildman–Crippen MR) is 78.4 cm³/mol. The van der Waals surface area contributed by atoms with E-state index in [0.717, 1.165) is 4.90 Å². The first-order valence-corrected chi connectivity index (χ1v) is 7.08. The highest BCUT2D eigenvalue weighted by atomic mass is 32.1. The molecule has 5 N–H and O–H groups in total. The standard InChI is InChI=1S/C12H17N3O7S/c1-14(12(20)21)2-5-3-15(11(23)13-9(5)19)10-8(18)7(17)6(4-16)22-10/h3,6-8,10,16-18H,2,4H2,1H3,(H,20,21)(H,13,19,23)/t6-,7-,8-,10-/m1/s1. The van der Waals surface area contributed by atoms with Crippen molar-refractivity contribution in [2.75, 3.05) is 13.7 Å². The molecule has 0 bridgehead atoms. The van der Waals surface area contributed by atoms with Crippen LogP contribution in [0.3, 0.4) is 0 Å². The monoisotopic (exact) mass is 347 g/mol. The summed E-state index contributed by atoms with van der Waals surface area (Å²) in [7, 11) is 1.29. The van der Waals surface area contributed by atoms with Gasteiger partial charge in [0.05, 0.1) is 18.7 Å². The third kappa shape index (κ3) is 3.43. The predicted octanol–water partition coefficient (Wildman–Crippen LogP) is -1.37. The molecule has 11 heteroatoms. The molecule has 2 rings (SSSR count). The number of rotatable bonds is 4. The van der Waals surface area contributed by atoms with E-state index in [4.69, 9.17) is 27.2 Å². The average molecular weight is 347 g/mol. The van der Waals surface area contributed by atoms with Crippen molar-refractivity contribution >= 4 is 18.3 Å². The van der Waals surface area contributed by atoms with E-state index < -0.39 is 42.8 Å². The summed E-state index contributed by atoms with van der Waals surface area (Å²) in [5.41, 5.74) is -0.479. The Bertz CT molecular complexity index is 703. The SMILES string of the molecule is CN(Cc1cn([C@@H]2O[C@H](CO)[C@@H](O)[C@H]2O)c(=S)[nH]c1=O)C(=O)O. The Morgan fingerprint density at radius 1 is 1.48 bits per heavy atom. The summed E-state index contributed by atoms with van der Waals surface area (Å²) in [4.78, 5) is 26.0. The number of carboxylic acid groups (broad SMARTS) is 1. The number of hydrogen-bond donors (Lipinski definition) is 5. The Morgan fingerprint density at radius 2 is 2.13 bits per heavy atom. The van der Waals surface area contributed by atoms with E-state index in [2.05, 4.69) is 4.98 Å². The first kappa shape index (κ1) is 17.6. The maximum Gasteiger partial charge on any atom is 0.407 e. The van der Waals surface area contributed by atoms with Gasteiger partial charge < -0.3 is 30.1 Å². The van der Waals surface area contributed by atoms with Gasteiger partial charge in [0, 0.05) is 13.2 Å². The quantitative estimate of drug-likeness (QED) is 0.419. The van der Waals surface area contributed by atoms with Gasteiger partial charge in [0.1, 0.15) is 18.3 Å². The molecule has 1 amide bonds. The minimum Gasteiger partial charge on any atom is -0.465 e. The number of aliphatic hydroxyl groups is 3. The van der Waals surface area contributed by atoms with Crippen molar-refractivity contribution in [2.45, 2.75) is 31.1 Å². The van der Waals surface area contributed by atoms with Crippen LogP contribution in [-0.4, -0.2) is 72.9 Å². The van der Waals surface area contributed by atoms with Crippen LogP contribution in [0, 0.1) is 4.77 Å². The summed E-state index contributed by atoms with van der Waals surface area (Å²) in [5, 5.41) is 37.8. The van der Waals surface area contributed by atoms with E-state index in [9.17, 15) is 19.8 Å². The van der Waals surface area contributed by atoms with Crippen LogP contribution in [0.2, 0.25) is 0 Å². The summed E-state index contributed by atoms with van der Waals surface area (Å²) in [6, 6.07) is 0. The smallest absolute Gasteiger partial charge is 0.407 e. The lowest BCUT2D eigenvalue weighted by Gasteiger charge is -2.20. The number of H-pyrrole nitrogens is 1. The van der Waals surface area contributed by atoms with Crippen LogP contribution in [0.4, 0.5) is 4.79 Å². The van der Waals surface area contributed by atoms with Crippen LogP contribution in [0.5, 0.6) is 0 Å². The van der Waals surface area contributed by atoms with Crippen LogP contribution < -0.4 is 5.56 Å². The van der Waals surface area contributed by atoms with Crippen molar-refractivity contribution in [2.24, 2.45) is 0 Å². The zero-order valence-corrected chi connectivity index (χ0v) is 12.9. The van der Waals surface area contributed by atoms with Crippen LogP contribution in [0.1, 0.15) is 11.8 Å². The fourth-order valence-corrected chi connectivity index (χ4v) is 2.51. The molecule has 128 valence electrons. The highest BCUT2D eigenvalue weighted by molar-refractivity contribution is 7.71.